The van der Waals surface area contributed by atoms with Crippen molar-refractivity contribution in [2.75, 3.05) is 0 Å². The first-order chi connectivity index (χ1) is 8.99. The molecule has 0 saturated carbocycles. The zero-order valence-electron chi connectivity index (χ0n) is 9.67. The number of hydrogen-bond acceptors (Lipinski definition) is 3. The summed E-state index contributed by atoms with van der Waals surface area (Å²) in [5.41, 5.74) is 6.01. The standard InChI is InChI=1S/C13H9FN2O3/c14-9-3-1-8(2-4-9)11-6-5-10(16(18)19)7-12(11)13(15)17/h1-7H,(H2,15,17). The molecule has 0 atom stereocenters. The lowest BCUT2D eigenvalue weighted by Crippen LogP contribution is -2.12. The lowest BCUT2D eigenvalue weighted by atomic mass is 9.98. The minimum Gasteiger partial charge on any atom is -0.366 e. The molecule has 0 spiro atoms. The number of benzene rings is 2. The predicted octanol–water partition coefficient (Wildman–Crippen LogP) is 2.50. The first kappa shape index (κ1) is 12.7. The first-order valence-electron chi connectivity index (χ1n) is 5.33. The minimum atomic E-state index is -0.775. The van der Waals surface area contributed by atoms with Crippen LogP contribution in [0.25, 0.3) is 11.1 Å². The Kier molecular flexibility index (Phi) is 3.24. The number of nitro groups is 1. The maximum absolute atomic E-state index is 12.9. The molecule has 19 heavy (non-hydrogen) atoms. The van der Waals surface area contributed by atoms with Crippen LogP contribution in [0.3, 0.4) is 0 Å². The summed E-state index contributed by atoms with van der Waals surface area (Å²) in [5.74, 6) is -1.19. The molecule has 0 aliphatic rings. The lowest BCUT2D eigenvalue weighted by molar-refractivity contribution is -0.384. The van der Waals surface area contributed by atoms with Crippen LogP contribution in [0.4, 0.5) is 10.1 Å². The van der Waals surface area contributed by atoms with Crippen LogP contribution in [-0.4, -0.2) is 10.8 Å². The van der Waals surface area contributed by atoms with Crippen molar-refractivity contribution in [2.24, 2.45) is 5.73 Å². The molecule has 0 unspecified atom stereocenters. The minimum absolute atomic E-state index is 0.0285. The monoisotopic (exact) mass is 260 g/mol. The Balaban J connectivity index is 2.59. The van der Waals surface area contributed by atoms with Gasteiger partial charge in [0, 0.05) is 12.1 Å². The quantitative estimate of drug-likeness (QED) is 0.679. The van der Waals surface area contributed by atoms with Crippen LogP contribution in [0.2, 0.25) is 0 Å². The highest BCUT2D eigenvalue weighted by atomic mass is 19.1. The van der Waals surface area contributed by atoms with Crippen molar-refractivity contribution in [2.45, 2.75) is 0 Å². The second-order valence-corrected chi connectivity index (χ2v) is 3.86. The van der Waals surface area contributed by atoms with E-state index in [1.165, 1.54) is 36.4 Å². The van der Waals surface area contributed by atoms with E-state index in [1.54, 1.807) is 0 Å². The number of nitro benzene ring substituents is 1. The molecule has 5 nitrogen and oxygen atoms in total. The highest BCUT2D eigenvalue weighted by Crippen LogP contribution is 2.27. The van der Waals surface area contributed by atoms with Gasteiger partial charge in [-0.05, 0) is 29.3 Å². The van der Waals surface area contributed by atoms with E-state index >= 15 is 0 Å². The van der Waals surface area contributed by atoms with Crippen molar-refractivity contribution in [3.63, 3.8) is 0 Å². The van der Waals surface area contributed by atoms with E-state index < -0.39 is 16.6 Å². The van der Waals surface area contributed by atoms with Gasteiger partial charge in [0.1, 0.15) is 5.82 Å². The second kappa shape index (κ2) is 4.85. The molecule has 2 aromatic carbocycles. The average Bonchev–Trinajstić information content (AvgIpc) is 2.38. The van der Waals surface area contributed by atoms with Gasteiger partial charge in [-0.1, -0.05) is 12.1 Å². The van der Waals surface area contributed by atoms with Crippen molar-refractivity contribution in [1.82, 2.24) is 0 Å². The molecule has 1 amide bonds. The molecule has 0 bridgehead atoms. The largest absolute Gasteiger partial charge is 0.366 e. The Morgan fingerprint density at radius 2 is 1.79 bits per heavy atom. The molecule has 6 heteroatoms. The number of carbonyl (C=O) groups is 1. The SMILES string of the molecule is NC(=O)c1cc([N+](=O)[O-])ccc1-c1ccc(F)cc1. The van der Waals surface area contributed by atoms with Gasteiger partial charge in [-0.25, -0.2) is 4.39 Å². The molecule has 2 aromatic rings. The fourth-order valence-corrected chi connectivity index (χ4v) is 1.73. The molecule has 0 aromatic heterocycles. The smallest absolute Gasteiger partial charge is 0.270 e. The van der Waals surface area contributed by atoms with E-state index in [9.17, 15) is 19.3 Å². The zero-order valence-corrected chi connectivity index (χ0v) is 9.67. The van der Waals surface area contributed by atoms with E-state index in [1.807, 2.05) is 0 Å². The average molecular weight is 260 g/mol. The summed E-state index contributed by atoms with van der Waals surface area (Å²) >= 11 is 0. The number of nitrogens with two attached hydrogens (primary N) is 1. The Bertz CT molecular complexity index is 653. The molecule has 0 fully saturated rings. The summed E-state index contributed by atoms with van der Waals surface area (Å²) in [6.07, 6.45) is 0. The Morgan fingerprint density at radius 3 is 2.32 bits per heavy atom. The summed E-state index contributed by atoms with van der Waals surface area (Å²) < 4.78 is 12.9. The maximum Gasteiger partial charge on any atom is 0.270 e. The van der Waals surface area contributed by atoms with Crippen molar-refractivity contribution >= 4 is 11.6 Å². The Morgan fingerprint density at radius 1 is 1.16 bits per heavy atom. The van der Waals surface area contributed by atoms with Gasteiger partial charge in [0.2, 0.25) is 5.91 Å². The zero-order chi connectivity index (χ0) is 14.0. The van der Waals surface area contributed by atoms with E-state index in [4.69, 9.17) is 5.73 Å². The van der Waals surface area contributed by atoms with Gasteiger partial charge in [0.15, 0.2) is 0 Å². The summed E-state index contributed by atoms with van der Waals surface area (Å²) in [5, 5.41) is 10.7. The number of nitrogens with zero attached hydrogens (tertiary/aromatic N) is 1. The van der Waals surface area contributed by atoms with Crippen molar-refractivity contribution in [3.05, 3.63) is 64.0 Å². The first-order valence-corrected chi connectivity index (χ1v) is 5.33. The molecular weight excluding hydrogens is 251 g/mol. The van der Waals surface area contributed by atoms with E-state index in [0.29, 0.717) is 11.1 Å². The number of rotatable bonds is 3. The highest BCUT2D eigenvalue weighted by molar-refractivity contribution is 6.00. The van der Waals surface area contributed by atoms with Gasteiger partial charge >= 0.3 is 0 Å². The molecule has 0 radical (unpaired) electrons. The van der Waals surface area contributed by atoms with Crippen LogP contribution in [0.5, 0.6) is 0 Å². The number of amides is 1. The van der Waals surface area contributed by atoms with Gasteiger partial charge in [-0.15, -0.1) is 0 Å². The third-order valence-corrected chi connectivity index (χ3v) is 2.63. The number of carbonyl (C=O) groups excluding carboxylic acids is 1. The van der Waals surface area contributed by atoms with Crippen molar-refractivity contribution in [3.8, 4) is 11.1 Å². The summed E-state index contributed by atoms with van der Waals surface area (Å²) in [6.45, 7) is 0. The van der Waals surface area contributed by atoms with Gasteiger partial charge in [0.05, 0.1) is 10.5 Å². The topological polar surface area (TPSA) is 86.2 Å². The van der Waals surface area contributed by atoms with Gasteiger partial charge in [-0.3, -0.25) is 14.9 Å². The molecule has 0 saturated heterocycles. The molecule has 0 aliphatic heterocycles. The number of non-ortho nitro benzene ring substituents is 1. The summed E-state index contributed by atoms with van der Waals surface area (Å²) in [7, 11) is 0. The number of primary amides is 1. The molecule has 96 valence electrons. The van der Waals surface area contributed by atoms with Crippen molar-refractivity contribution in [1.29, 1.82) is 0 Å². The van der Waals surface area contributed by atoms with Gasteiger partial charge in [0.25, 0.3) is 5.69 Å². The van der Waals surface area contributed by atoms with E-state index in [0.717, 1.165) is 6.07 Å². The summed E-state index contributed by atoms with van der Waals surface area (Å²) in [4.78, 5) is 21.4. The van der Waals surface area contributed by atoms with Crippen LogP contribution >= 0.6 is 0 Å². The number of halogens is 1. The molecule has 0 heterocycles. The van der Waals surface area contributed by atoms with Crippen LogP contribution in [0.1, 0.15) is 10.4 Å². The Hall–Kier alpha value is -2.76. The molecular formula is C13H9FN2O3. The van der Waals surface area contributed by atoms with Crippen LogP contribution in [-0.2, 0) is 0 Å². The predicted molar refractivity (Wildman–Crippen MR) is 67.0 cm³/mol. The number of hydrogen-bond donors (Lipinski definition) is 1. The second-order valence-electron chi connectivity index (χ2n) is 3.86. The van der Waals surface area contributed by atoms with E-state index in [-0.39, 0.29) is 11.3 Å². The highest BCUT2D eigenvalue weighted by Gasteiger charge is 2.15. The fourth-order valence-electron chi connectivity index (χ4n) is 1.73. The van der Waals surface area contributed by atoms with Gasteiger partial charge in [-0.2, -0.15) is 0 Å². The van der Waals surface area contributed by atoms with Crippen molar-refractivity contribution < 1.29 is 14.1 Å². The third kappa shape index (κ3) is 2.57. The molecule has 0 aliphatic carbocycles. The summed E-state index contributed by atoms with van der Waals surface area (Å²) in [6, 6.07) is 9.23. The van der Waals surface area contributed by atoms with Crippen LogP contribution in [0.15, 0.2) is 42.5 Å². The molecule has 2 rings (SSSR count). The lowest BCUT2D eigenvalue weighted by Gasteiger charge is -2.06. The third-order valence-electron chi connectivity index (χ3n) is 2.63. The maximum atomic E-state index is 12.9. The van der Waals surface area contributed by atoms with Crippen LogP contribution < -0.4 is 5.73 Å². The normalized spacial score (nSPS) is 10.2. The van der Waals surface area contributed by atoms with Gasteiger partial charge < -0.3 is 5.73 Å². The Labute approximate surface area is 107 Å². The van der Waals surface area contributed by atoms with Crippen LogP contribution in [0, 0.1) is 15.9 Å². The fraction of sp³-hybridized carbons (Fsp3) is 0. The van der Waals surface area contributed by atoms with E-state index in [2.05, 4.69) is 0 Å². The molecule has 2 N–H and O–H groups in total.